The molecule has 0 aromatic carbocycles. The highest BCUT2D eigenvalue weighted by Gasteiger charge is 2.33. The summed E-state index contributed by atoms with van der Waals surface area (Å²) in [6.07, 6.45) is -2.07. The van der Waals surface area contributed by atoms with Gasteiger partial charge in [0.1, 0.15) is 0 Å². The Hall–Kier alpha value is -1.10. The molecule has 0 aliphatic heterocycles. The Balaban J connectivity index is 3.03. The van der Waals surface area contributed by atoms with E-state index in [0.717, 1.165) is 6.07 Å². The molecule has 5 heteroatoms. The van der Waals surface area contributed by atoms with Crippen LogP contribution in [0.2, 0.25) is 0 Å². The van der Waals surface area contributed by atoms with E-state index >= 15 is 0 Å². The lowest BCUT2D eigenvalue weighted by Crippen LogP contribution is -2.18. The first-order valence-corrected chi connectivity index (χ1v) is 5.54. The topological polar surface area (TPSA) is 16.1 Å². The molecule has 0 bridgehead atoms. The Morgan fingerprint density at radius 2 is 1.94 bits per heavy atom. The zero-order chi connectivity index (χ0) is 13.1. The van der Waals surface area contributed by atoms with Crippen LogP contribution in [-0.2, 0) is 19.0 Å². The van der Waals surface area contributed by atoms with Gasteiger partial charge in [0.05, 0.1) is 5.56 Å². The van der Waals surface area contributed by atoms with E-state index in [1.807, 2.05) is 19.0 Å². The first-order valence-electron chi connectivity index (χ1n) is 5.54. The molecule has 0 radical (unpaired) electrons. The number of hydrogen-bond acceptors (Lipinski definition) is 2. The van der Waals surface area contributed by atoms with Gasteiger partial charge < -0.3 is 4.90 Å². The van der Waals surface area contributed by atoms with Gasteiger partial charge in [-0.25, -0.2) is 0 Å². The number of likely N-dealkylation sites (N-methyl/N-ethyl adjacent to an activating group) is 1. The second-order valence-corrected chi connectivity index (χ2v) is 4.24. The molecule has 0 aliphatic rings. The molecule has 0 aliphatic carbocycles. The van der Waals surface area contributed by atoms with E-state index < -0.39 is 11.7 Å². The van der Waals surface area contributed by atoms with Crippen molar-refractivity contribution in [1.29, 1.82) is 0 Å². The van der Waals surface area contributed by atoms with Gasteiger partial charge in [0.15, 0.2) is 0 Å². The highest BCUT2D eigenvalue weighted by molar-refractivity contribution is 5.29. The molecule has 0 saturated heterocycles. The number of alkyl halides is 3. The summed E-state index contributed by atoms with van der Waals surface area (Å²) in [6, 6.07) is 1.16. The van der Waals surface area contributed by atoms with Crippen LogP contribution >= 0.6 is 0 Å². The van der Waals surface area contributed by atoms with Crippen LogP contribution in [0.15, 0.2) is 12.3 Å². The monoisotopic (exact) mass is 246 g/mol. The lowest BCUT2D eigenvalue weighted by molar-refractivity contribution is -0.138. The van der Waals surface area contributed by atoms with Crippen molar-refractivity contribution in [2.45, 2.75) is 25.9 Å². The lowest BCUT2D eigenvalue weighted by Gasteiger charge is -2.15. The fraction of sp³-hybridized carbons (Fsp3) is 0.583. The number of nitrogens with zero attached hydrogens (tertiary/aromatic N) is 2. The van der Waals surface area contributed by atoms with Gasteiger partial charge in [-0.3, -0.25) is 4.98 Å². The van der Waals surface area contributed by atoms with Crippen LogP contribution in [0, 0.1) is 0 Å². The Labute approximate surface area is 99.5 Å². The van der Waals surface area contributed by atoms with Crippen molar-refractivity contribution in [2.75, 3.05) is 20.6 Å². The summed E-state index contributed by atoms with van der Waals surface area (Å²) in [5.74, 6) is 0. The van der Waals surface area contributed by atoms with Crippen molar-refractivity contribution in [2.24, 2.45) is 0 Å². The van der Waals surface area contributed by atoms with Gasteiger partial charge >= 0.3 is 6.18 Å². The molecular weight excluding hydrogens is 229 g/mol. The van der Waals surface area contributed by atoms with Crippen molar-refractivity contribution in [1.82, 2.24) is 9.88 Å². The summed E-state index contributed by atoms with van der Waals surface area (Å²) in [5.41, 5.74) is 0.195. The van der Waals surface area contributed by atoms with Gasteiger partial charge in [0.2, 0.25) is 0 Å². The van der Waals surface area contributed by atoms with Crippen LogP contribution in [0.5, 0.6) is 0 Å². The minimum atomic E-state index is -4.30. The highest BCUT2D eigenvalue weighted by atomic mass is 19.4. The van der Waals surface area contributed by atoms with Crippen molar-refractivity contribution >= 4 is 0 Å². The Morgan fingerprint density at radius 3 is 2.41 bits per heavy atom. The number of aromatic nitrogens is 1. The number of rotatable bonds is 4. The zero-order valence-corrected chi connectivity index (χ0v) is 10.3. The Kier molecular flexibility index (Phi) is 4.51. The van der Waals surface area contributed by atoms with Gasteiger partial charge in [-0.05, 0) is 38.6 Å². The van der Waals surface area contributed by atoms with E-state index in [2.05, 4.69) is 4.98 Å². The predicted molar refractivity (Wildman–Crippen MR) is 60.9 cm³/mol. The molecule has 0 amide bonds. The first kappa shape index (κ1) is 14.0. The van der Waals surface area contributed by atoms with Crippen molar-refractivity contribution < 1.29 is 13.2 Å². The summed E-state index contributed by atoms with van der Waals surface area (Å²) in [4.78, 5) is 5.89. The molecule has 17 heavy (non-hydrogen) atoms. The van der Waals surface area contributed by atoms with Crippen LogP contribution < -0.4 is 0 Å². The molecule has 0 fully saturated rings. The lowest BCUT2D eigenvalue weighted by atomic mass is 10.0. The third-order valence-electron chi connectivity index (χ3n) is 2.54. The fourth-order valence-corrected chi connectivity index (χ4v) is 1.53. The highest BCUT2D eigenvalue weighted by Crippen LogP contribution is 2.32. The molecule has 1 heterocycles. The number of pyridine rings is 1. The third-order valence-corrected chi connectivity index (χ3v) is 2.54. The molecule has 0 N–H and O–H groups in total. The van der Waals surface area contributed by atoms with Gasteiger partial charge in [-0.1, -0.05) is 6.92 Å². The second-order valence-electron chi connectivity index (χ2n) is 4.24. The fourth-order valence-electron chi connectivity index (χ4n) is 1.53. The van der Waals surface area contributed by atoms with Crippen LogP contribution in [0.4, 0.5) is 13.2 Å². The predicted octanol–water partition coefficient (Wildman–Crippen LogP) is 2.77. The van der Waals surface area contributed by atoms with E-state index in [1.165, 1.54) is 6.20 Å². The van der Waals surface area contributed by atoms with Gasteiger partial charge in [-0.15, -0.1) is 0 Å². The van der Waals surface area contributed by atoms with E-state index in [4.69, 9.17) is 0 Å². The van der Waals surface area contributed by atoms with Gasteiger partial charge in [0, 0.05) is 18.4 Å². The minimum Gasteiger partial charge on any atom is -0.309 e. The van der Waals surface area contributed by atoms with E-state index in [0.29, 0.717) is 25.1 Å². The first-order chi connectivity index (χ1) is 7.84. The second kappa shape index (κ2) is 5.49. The summed E-state index contributed by atoms with van der Waals surface area (Å²) < 4.78 is 38.5. The molecule has 2 nitrogen and oxygen atoms in total. The Morgan fingerprint density at radius 1 is 1.29 bits per heavy atom. The molecule has 0 unspecified atom stereocenters. The van der Waals surface area contributed by atoms with E-state index in [-0.39, 0.29) is 5.56 Å². The summed E-state index contributed by atoms with van der Waals surface area (Å²) >= 11 is 0. The number of hydrogen-bond donors (Lipinski definition) is 0. The van der Waals surface area contributed by atoms with Crippen molar-refractivity contribution in [3.63, 3.8) is 0 Å². The van der Waals surface area contributed by atoms with Crippen LogP contribution in [0.1, 0.15) is 23.7 Å². The van der Waals surface area contributed by atoms with Crippen molar-refractivity contribution in [3.8, 4) is 0 Å². The van der Waals surface area contributed by atoms with E-state index in [9.17, 15) is 13.2 Å². The smallest absolute Gasteiger partial charge is 0.309 e. The maximum Gasteiger partial charge on any atom is 0.416 e. The quantitative estimate of drug-likeness (QED) is 0.812. The summed E-state index contributed by atoms with van der Waals surface area (Å²) in [6.45, 7) is 2.37. The molecular formula is C12H17F3N2. The molecule has 96 valence electrons. The SMILES string of the molecule is CCc1cc(C(F)(F)F)c(CCN(C)C)cn1. The normalized spacial score (nSPS) is 12.2. The number of halogens is 3. The number of aryl methyl sites for hydroxylation is 1. The molecule has 0 spiro atoms. The maximum atomic E-state index is 12.8. The van der Waals surface area contributed by atoms with Crippen LogP contribution in [0.25, 0.3) is 0 Å². The van der Waals surface area contributed by atoms with Crippen LogP contribution in [-0.4, -0.2) is 30.5 Å². The average Bonchev–Trinajstić information content (AvgIpc) is 2.24. The third kappa shape index (κ3) is 4.00. The largest absolute Gasteiger partial charge is 0.416 e. The maximum absolute atomic E-state index is 12.8. The molecule has 1 rings (SSSR count). The molecule has 1 aromatic heterocycles. The van der Waals surface area contributed by atoms with Crippen LogP contribution in [0.3, 0.4) is 0 Å². The minimum absolute atomic E-state index is 0.267. The molecule has 0 saturated carbocycles. The molecule has 1 aromatic rings. The standard InChI is InChI=1S/C12H17F3N2/c1-4-10-7-11(12(13,14)15)9(8-16-10)5-6-17(2)3/h7-8H,4-6H2,1-3H3. The van der Waals surface area contributed by atoms with Gasteiger partial charge in [0.25, 0.3) is 0 Å². The summed E-state index contributed by atoms with van der Waals surface area (Å²) in [7, 11) is 3.67. The van der Waals surface area contributed by atoms with Gasteiger partial charge in [-0.2, -0.15) is 13.2 Å². The summed E-state index contributed by atoms with van der Waals surface area (Å²) in [5, 5.41) is 0. The van der Waals surface area contributed by atoms with Crippen molar-refractivity contribution in [3.05, 3.63) is 29.1 Å². The average molecular weight is 246 g/mol. The Bertz CT molecular complexity index is 373. The zero-order valence-electron chi connectivity index (χ0n) is 10.3. The van der Waals surface area contributed by atoms with E-state index in [1.54, 1.807) is 6.92 Å². The molecule has 0 atom stereocenters.